The van der Waals surface area contributed by atoms with Crippen LogP contribution in [0.4, 0.5) is 5.69 Å². The summed E-state index contributed by atoms with van der Waals surface area (Å²) < 4.78 is 35.4. The Balaban J connectivity index is 1.70. The van der Waals surface area contributed by atoms with Crippen LogP contribution in [-0.4, -0.2) is 31.0 Å². The molecule has 196 valence electrons. The van der Waals surface area contributed by atoms with E-state index in [9.17, 15) is 13.2 Å². The van der Waals surface area contributed by atoms with Crippen LogP contribution in [0.1, 0.15) is 53.8 Å². The second-order valence-corrected chi connectivity index (χ2v) is 12.7. The number of aryl methyl sites for hydroxylation is 4. The number of hydrogen-bond acceptors (Lipinski definition) is 6. The first kappa shape index (κ1) is 26.9. The number of carboxylic acid groups (broad SMARTS) is 1. The fraction of sp³-hybridized carbons (Fsp3) is 0.357. The molecular weight excluding hydrogens is 508 g/mol. The predicted molar refractivity (Wildman–Crippen MR) is 147 cm³/mol. The van der Waals surface area contributed by atoms with E-state index in [1.54, 1.807) is 18.4 Å². The van der Waals surface area contributed by atoms with Gasteiger partial charge in [-0.1, -0.05) is 32.0 Å². The van der Waals surface area contributed by atoms with Crippen molar-refractivity contribution in [1.29, 1.82) is 0 Å². The van der Waals surface area contributed by atoms with Crippen LogP contribution in [-0.2, 0) is 34.3 Å². The predicted octanol–water partition coefficient (Wildman–Crippen LogP) is 5.78. The minimum absolute atomic E-state index is 0.0814. The molecule has 7 nitrogen and oxygen atoms in total. The summed E-state index contributed by atoms with van der Waals surface area (Å²) in [4.78, 5) is 15.1. The number of hydrogen-bond donors (Lipinski definition) is 1. The van der Waals surface area contributed by atoms with E-state index < -0.39 is 16.0 Å². The van der Waals surface area contributed by atoms with E-state index in [2.05, 4.69) is 4.98 Å². The highest BCUT2D eigenvalue weighted by Crippen LogP contribution is 2.39. The number of rotatable bonds is 10. The molecule has 1 heterocycles. The zero-order valence-corrected chi connectivity index (χ0v) is 23.2. The lowest BCUT2D eigenvalue weighted by Crippen LogP contribution is -2.34. The Hall–Kier alpha value is -3.17. The standard InChI is InChI=1S/C28H32N2O5S2/c1-18(2)15-30(37(33,34)28-29-20(4)17-36-28)25-13-22-6-5-7-23(22)14-26(25)35-16-24-10-8-21(12-19(24)3)9-11-27(31)32/h8-14,17-18H,5-7,15-16H2,1-4H3,(H,31,32). The van der Waals surface area contributed by atoms with Crippen molar-refractivity contribution in [3.63, 3.8) is 0 Å². The minimum atomic E-state index is -3.87. The summed E-state index contributed by atoms with van der Waals surface area (Å²) in [6.45, 7) is 8.28. The quantitative estimate of drug-likeness (QED) is 0.328. The Kier molecular flexibility index (Phi) is 8.04. The van der Waals surface area contributed by atoms with E-state index in [1.807, 2.05) is 51.1 Å². The van der Waals surface area contributed by atoms with Gasteiger partial charge in [0.1, 0.15) is 12.4 Å². The van der Waals surface area contributed by atoms with Gasteiger partial charge >= 0.3 is 5.97 Å². The summed E-state index contributed by atoms with van der Waals surface area (Å²) in [6, 6.07) is 9.62. The molecule has 3 aromatic rings. The second-order valence-electron chi connectivity index (χ2n) is 9.77. The van der Waals surface area contributed by atoms with Crippen LogP contribution in [0.15, 0.2) is 46.1 Å². The zero-order valence-electron chi connectivity index (χ0n) is 21.5. The maximum Gasteiger partial charge on any atom is 0.328 e. The molecule has 0 saturated heterocycles. The van der Waals surface area contributed by atoms with Crippen molar-refractivity contribution < 1.29 is 23.1 Å². The van der Waals surface area contributed by atoms with Crippen LogP contribution >= 0.6 is 11.3 Å². The summed E-state index contributed by atoms with van der Waals surface area (Å²) in [7, 11) is -3.87. The van der Waals surface area contributed by atoms with Crippen LogP contribution in [0.2, 0.25) is 0 Å². The summed E-state index contributed by atoms with van der Waals surface area (Å²) >= 11 is 1.13. The maximum absolute atomic E-state index is 13.8. The number of aromatic nitrogens is 1. The number of nitrogens with zero attached hydrogens (tertiary/aromatic N) is 2. The lowest BCUT2D eigenvalue weighted by Gasteiger charge is -2.28. The Labute approximate surface area is 222 Å². The first-order chi connectivity index (χ1) is 17.5. The van der Waals surface area contributed by atoms with Crippen molar-refractivity contribution in [2.24, 2.45) is 5.92 Å². The summed E-state index contributed by atoms with van der Waals surface area (Å²) in [5.74, 6) is -0.374. The van der Waals surface area contributed by atoms with Crippen molar-refractivity contribution in [3.05, 3.63) is 75.3 Å². The number of sulfonamides is 1. The topological polar surface area (TPSA) is 96.8 Å². The number of carboxylic acids is 1. The van der Waals surface area contributed by atoms with Crippen LogP contribution in [0.3, 0.4) is 0 Å². The highest BCUT2D eigenvalue weighted by atomic mass is 32.2. The van der Waals surface area contributed by atoms with Gasteiger partial charge in [-0.05, 0) is 85.1 Å². The second kappa shape index (κ2) is 11.1. The van der Waals surface area contributed by atoms with Crippen molar-refractivity contribution in [2.45, 2.75) is 57.9 Å². The molecule has 0 unspecified atom stereocenters. The van der Waals surface area contributed by atoms with E-state index in [1.165, 1.54) is 9.87 Å². The molecular formula is C28H32N2O5S2. The molecule has 0 amide bonds. The monoisotopic (exact) mass is 540 g/mol. The number of aliphatic carboxylic acids is 1. The molecule has 9 heteroatoms. The summed E-state index contributed by atoms with van der Waals surface area (Å²) in [5.41, 5.74) is 6.25. The molecule has 0 bridgehead atoms. The molecule has 0 fully saturated rings. The molecule has 2 aromatic carbocycles. The van der Waals surface area contributed by atoms with Gasteiger partial charge in [0.15, 0.2) is 0 Å². The SMILES string of the molecule is Cc1csc(S(=O)(=O)N(CC(C)C)c2cc3c(cc2OCc2ccc(C=CC(=O)O)cc2C)CCC3)n1. The summed E-state index contributed by atoms with van der Waals surface area (Å²) in [6.07, 6.45) is 5.55. The first-order valence-corrected chi connectivity index (χ1v) is 14.6. The van der Waals surface area contributed by atoms with Gasteiger partial charge in [-0.15, -0.1) is 11.3 Å². The average Bonchev–Trinajstić information content (AvgIpc) is 3.48. The van der Waals surface area contributed by atoms with Gasteiger partial charge in [0, 0.05) is 23.7 Å². The molecule has 37 heavy (non-hydrogen) atoms. The van der Waals surface area contributed by atoms with Crippen molar-refractivity contribution >= 4 is 39.1 Å². The smallest absolute Gasteiger partial charge is 0.328 e. The Morgan fingerprint density at radius 1 is 1.19 bits per heavy atom. The zero-order chi connectivity index (χ0) is 26.7. The fourth-order valence-corrected chi connectivity index (χ4v) is 7.17. The van der Waals surface area contributed by atoms with E-state index in [0.717, 1.165) is 58.9 Å². The van der Waals surface area contributed by atoms with Crippen molar-refractivity contribution in [1.82, 2.24) is 4.98 Å². The number of thiazole rings is 1. The third-order valence-corrected chi connectivity index (χ3v) is 9.38. The van der Waals surface area contributed by atoms with E-state index in [0.29, 0.717) is 23.7 Å². The molecule has 0 aliphatic heterocycles. The number of benzene rings is 2. The Bertz CT molecular complexity index is 1440. The highest BCUT2D eigenvalue weighted by molar-refractivity contribution is 7.94. The largest absolute Gasteiger partial charge is 0.487 e. The van der Waals surface area contributed by atoms with Crippen LogP contribution < -0.4 is 9.04 Å². The molecule has 0 spiro atoms. The van der Waals surface area contributed by atoms with Crippen molar-refractivity contribution in [3.8, 4) is 5.75 Å². The van der Waals surface area contributed by atoms with Crippen LogP contribution in [0, 0.1) is 19.8 Å². The van der Waals surface area contributed by atoms with E-state index in [4.69, 9.17) is 9.84 Å². The fourth-order valence-electron chi connectivity index (χ4n) is 4.41. The van der Waals surface area contributed by atoms with Gasteiger partial charge in [0.2, 0.25) is 4.34 Å². The maximum atomic E-state index is 13.8. The van der Waals surface area contributed by atoms with Crippen molar-refractivity contribution in [2.75, 3.05) is 10.8 Å². The molecule has 1 N–H and O–H groups in total. The Morgan fingerprint density at radius 2 is 1.92 bits per heavy atom. The molecule has 0 saturated carbocycles. The average molecular weight is 541 g/mol. The number of fused-ring (bicyclic) bond motifs is 1. The number of ether oxygens (including phenoxy) is 1. The van der Waals surface area contributed by atoms with Gasteiger partial charge in [-0.25, -0.2) is 9.78 Å². The third kappa shape index (κ3) is 6.22. The molecule has 1 aromatic heterocycles. The molecule has 0 radical (unpaired) electrons. The van der Waals surface area contributed by atoms with Gasteiger partial charge in [0.05, 0.1) is 5.69 Å². The lowest BCUT2D eigenvalue weighted by atomic mass is 10.0. The lowest BCUT2D eigenvalue weighted by molar-refractivity contribution is -0.131. The van der Waals surface area contributed by atoms with E-state index in [-0.39, 0.29) is 16.9 Å². The number of anilines is 1. The summed E-state index contributed by atoms with van der Waals surface area (Å²) in [5, 5.41) is 10.6. The Morgan fingerprint density at radius 3 is 2.54 bits per heavy atom. The van der Waals surface area contributed by atoms with E-state index >= 15 is 0 Å². The number of carbonyl (C=O) groups is 1. The van der Waals surface area contributed by atoms with Crippen LogP contribution in [0.25, 0.3) is 6.08 Å². The third-order valence-electron chi connectivity index (χ3n) is 6.25. The molecule has 0 atom stereocenters. The normalized spacial score (nSPS) is 13.3. The van der Waals surface area contributed by atoms with Gasteiger partial charge in [-0.3, -0.25) is 4.31 Å². The van der Waals surface area contributed by atoms with Gasteiger partial charge < -0.3 is 9.84 Å². The van der Waals surface area contributed by atoms with Gasteiger partial charge in [-0.2, -0.15) is 8.42 Å². The highest BCUT2D eigenvalue weighted by Gasteiger charge is 2.32. The van der Waals surface area contributed by atoms with Crippen LogP contribution in [0.5, 0.6) is 5.75 Å². The molecule has 4 rings (SSSR count). The minimum Gasteiger partial charge on any atom is -0.487 e. The first-order valence-electron chi connectivity index (χ1n) is 12.3. The van der Waals surface area contributed by atoms with Gasteiger partial charge in [0.25, 0.3) is 10.0 Å². The molecule has 1 aliphatic carbocycles. The molecule has 1 aliphatic rings.